The molecule has 0 spiro atoms. The van der Waals surface area contributed by atoms with Gasteiger partial charge in [0.1, 0.15) is 0 Å². The third kappa shape index (κ3) is 2.87. The Bertz CT molecular complexity index is 580. The number of aromatic nitrogens is 3. The number of benzene rings is 1. The first-order valence-electron chi connectivity index (χ1n) is 5.35. The van der Waals surface area contributed by atoms with Crippen molar-refractivity contribution in [2.45, 2.75) is 12.7 Å². The van der Waals surface area contributed by atoms with E-state index >= 15 is 0 Å². The number of nitrogens with one attached hydrogen (secondary N) is 1. The monoisotopic (exact) mass is 290 g/mol. The highest BCUT2D eigenvalue weighted by atomic mass is 35.5. The van der Waals surface area contributed by atoms with Crippen molar-refractivity contribution >= 4 is 11.6 Å². The van der Waals surface area contributed by atoms with E-state index in [-0.39, 0.29) is 5.02 Å². The zero-order chi connectivity index (χ0) is 14.0. The molecule has 1 aromatic heterocycles. The molecule has 8 heteroatoms. The minimum absolute atomic E-state index is 0.0299. The average Bonchev–Trinajstić information content (AvgIpc) is 2.76. The fourth-order valence-electron chi connectivity index (χ4n) is 1.62. The number of hydrogen-bond acceptors (Lipinski definition) is 3. The summed E-state index contributed by atoms with van der Waals surface area (Å²) in [4.78, 5) is 0. The minimum atomic E-state index is -4.42. The molecule has 0 saturated heterocycles. The highest BCUT2D eigenvalue weighted by molar-refractivity contribution is 6.32. The molecule has 4 nitrogen and oxygen atoms in total. The Balaban J connectivity index is 2.44. The Morgan fingerprint density at radius 3 is 2.68 bits per heavy atom. The number of alkyl halides is 3. The van der Waals surface area contributed by atoms with E-state index in [1.54, 1.807) is 7.05 Å². The van der Waals surface area contributed by atoms with Crippen LogP contribution in [0.25, 0.3) is 5.69 Å². The molecule has 0 aliphatic heterocycles. The fourth-order valence-corrected chi connectivity index (χ4v) is 1.88. The second-order valence-corrected chi connectivity index (χ2v) is 4.24. The molecule has 1 aromatic carbocycles. The van der Waals surface area contributed by atoms with Crippen LogP contribution in [-0.2, 0) is 12.7 Å². The molecular weight excluding hydrogens is 281 g/mol. The first kappa shape index (κ1) is 13.8. The van der Waals surface area contributed by atoms with Gasteiger partial charge < -0.3 is 5.32 Å². The maximum atomic E-state index is 12.5. The van der Waals surface area contributed by atoms with Crippen molar-refractivity contribution < 1.29 is 13.2 Å². The highest BCUT2D eigenvalue weighted by Gasteiger charge is 2.31. The van der Waals surface area contributed by atoms with Gasteiger partial charge in [-0.05, 0) is 25.2 Å². The normalized spacial score (nSPS) is 11.8. The van der Waals surface area contributed by atoms with Crippen LogP contribution in [0.5, 0.6) is 0 Å². The maximum Gasteiger partial charge on any atom is 0.416 e. The van der Waals surface area contributed by atoms with Crippen LogP contribution in [0.1, 0.15) is 11.3 Å². The third-order valence-electron chi connectivity index (χ3n) is 2.48. The maximum absolute atomic E-state index is 12.5. The molecular formula is C11H10ClF3N4. The molecule has 0 aliphatic rings. The topological polar surface area (TPSA) is 42.7 Å². The number of halogens is 4. The Hall–Kier alpha value is -1.60. The summed E-state index contributed by atoms with van der Waals surface area (Å²) >= 11 is 5.89. The zero-order valence-corrected chi connectivity index (χ0v) is 10.6. The van der Waals surface area contributed by atoms with Crippen molar-refractivity contribution in [3.63, 3.8) is 0 Å². The van der Waals surface area contributed by atoms with Gasteiger partial charge in [-0.1, -0.05) is 16.8 Å². The summed E-state index contributed by atoms with van der Waals surface area (Å²) in [7, 11) is 1.74. The van der Waals surface area contributed by atoms with Gasteiger partial charge in [0, 0.05) is 6.54 Å². The van der Waals surface area contributed by atoms with Crippen molar-refractivity contribution in [1.29, 1.82) is 0 Å². The molecule has 0 bridgehead atoms. The van der Waals surface area contributed by atoms with Crippen LogP contribution in [0.2, 0.25) is 5.02 Å². The van der Waals surface area contributed by atoms with E-state index in [0.717, 1.165) is 12.1 Å². The molecule has 0 amide bonds. The lowest BCUT2D eigenvalue weighted by molar-refractivity contribution is -0.137. The van der Waals surface area contributed by atoms with Crippen LogP contribution < -0.4 is 5.32 Å². The van der Waals surface area contributed by atoms with E-state index in [4.69, 9.17) is 11.6 Å². The predicted molar refractivity (Wildman–Crippen MR) is 64.1 cm³/mol. The SMILES string of the molecule is CNCc1cnnn1-c1ccc(C(F)(F)F)cc1Cl. The molecule has 0 saturated carbocycles. The standard InChI is InChI=1S/C11H10ClF3N4/c1-16-5-8-6-17-18-19(8)10-3-2-7(4-9(10)12)11(13,14)15/h2-4,6,16H,5H2,1H3. The average molecular weight is 291 g/mol. The summed E-state index contributed by atoms with van der Waals surface area (Å²) in [6, 6.07) is 3.12. The van der Waals surface area contributed by atoms with Crippen LogP contribution in [0.15, 0.2) is 24.4 Å². The van der Waals surface area contributed by atoms with Gasteiger partial charge in [-0.25, -0.2) is 4.68 Å². The largest absolute Gasteiger partial charge is 0.416 e. The molecule has 0 atom stereocenters. The molecule has 1 N–H and O–H groups in total. The van der Waals surface area contributed by atoms with Crippen molar-refractivity contribution in [3.05, 3.63) is 40.7 Å². The summed E-state index contributed by atoms with van der Waals surface area (Å²) in [5.74, 6) is 0. The second-order valence-electron chi connectivity index (χ2n) is 3.83. The molecule has 2 rings (SSSR count). The first-order valence-corrected chi connectivity index (χ1v) is 5.72. The van der Waals surface area contributed by atoms with Gasteiger partial charge in [0.2, 0.25) is 0 Å². The van der Waals surface area contributed by atoms with E-state index in [1.807, 2.05) is 0 Å². The molecule has 19 heavy (non-hydrogen) atoms. The predicted octanol–water partition coefficient (Wildman–Crippen LogP) is 2.66. The Kier molecular flexibility index (Phi) is 3.77. The molecule has 0 fully saturated rings. The summed E-state index contributed by atoms with van der Waals surface area (Å²) in [5, 5.41) is 10.4. The smallest absolute Gasteiger partial charge is 0.314 e. The second kappa shape index (κ2) is 5.18. The molecule has 1 heterocycles. The van der Waals surface area contributed by atoms with Crippen LogP contribution in [0.3, 0.4) is 0 Å². The quantitative estimate of drug-likeness (QED) is 0.945. The summed E-state index contributed by atoms with van der Waals surface area (Å²) in [5.41, 5.74) is 0.262. The lowest BCUT2D eigenvalue weighted by atomic mass is 10.2. The van der Waals surface area contributed by atoms with Crippen LogP contribution in [-0.4, -0.2) is 22.0 Å². The molecule has 102 valence electrons. The molecule has 0 radical (unpaired) electrons. The number of rotatable bonds is 3. The van der Waals surface area contributed by atoms with Gasteiger partial charge >= 0.3 is 6.18 Å². The van der Waals surface area contributed by atoms with E-state index in [1.165, 1.54) is 16.9 Å². The zero-order valence-electron chi connectivity index (χ0n) is 9.87. The molecule has 0 unspecified atom stereocenters. The first-order chi connectivity index (χ1) is 8.93. The lowest BCUT2D eigenvalue weighted by Crippen LogP contribution is -2.12. The van der Waals surface area contributed by atoms with E-state index in [2.05, 4.69) is 15.6 Å². The lowest BCUT2D eigenvalue weighted by Gasteiger charge is -2.11. The van der Waals surface area contributed by atoms with Crippen LogP contribution >= 0.6 is 11.6 Å². The number of hydrogen-bond donors (Lipinski definition) is 1. The van der Waals surface area contributed by atoms with Crippen molar-refractivity contribution in [2.75, 3.05) is 7.05 Å². The summed E-state index contributed by atoms with van der Waals surface area (Å²) in [6.45, 7) is 0.477. The van der Waals surface area contributed by atoms with Crippen molar-refractivity contribution in [2.24, 2.45) is 0 Å². The van der Waals surface area contributed by atoms with Gasteiger partial charge in [-0.2, -0.15) is 13.2 Å². The van der Waals surface area contributed by atoms with Crippen LogP contribution in [0, 0.1) is 0 Å². The van der Waals surface area contributed by atoms with Gasteiger partial charge in [0.25, 0.3) is 0 Å². The summed E-state index contributed by atoms with van der Waals surface area (Å²) < 4.78 is 39.0. The number of nitrogens with zero attached hydrogens (tertiary/aromatic N) is 3. The Labute approximate surface area is 112 Å². The summed E-state index contributed by atoms with van der Waals surface area (Å²) in [6.07, 6.45) is -2.90. The van der Waals surface area contributed by atoms with Gasteiger partial charge in [0.05, 0.1) is 28.2 Å². The van der Waals surface area contributed by atoms with Crippen molar-refractivity contribution in [1.82, 2.24) is 20.3 Å². The van der Waals surface area contributed by atoms with Gasteiger partial charge in [0.15, 0.2) is 0 Å². The van der Waals surface area contributed by atoms with E-state index < -0.39 is 11.7 Å². The van der Waals surface area contributed by atoms with E-state index in [0.29, 0.717) is 17.9 Å². The van der Waals surface area contributed by atoms with Crippen molar-refractivity contribution in [3.8, 4) is 5.69 Å². The molecule has 2 aromatic rings. The van der Waals surface area contributed by atoms with Gasteiger partial charge in [-0.3, -0.25) is 0 Å². The van der Waals surface area contributed by atoms with Crippen LogP contribution in [0.4, 0.5) is 13.2 Å². The van der Waals surface area contributed by atoms with E-state index in [9.17, 15) is 13.2 Å². The highest BCUT2D eigenvalue weighted by Crippen LogP contribution is 2.33. The Morgan fingerprint density at radius 2 is 2.11 bits per heavy atom. The van der Waals surface area contributed by atoms with Gasteiger partial charge in [-0.15, -0.1) is 5.10 Å². The Morgan fingerprint density at radius 1 is 1.37 bits per heavy atom. The molecule has 0 aliphatic carbocycles. The minimum Gasteiger partial charge on any atom is -0.314 e. The third-order valence-corrected chi connectivity index (χ3v) is 2.78. The fraction of sp³-hybridized carbons (Fsp3) is 0.273.